The third kappa shape index (κ3) is 2.20. The molecule has 3 nitrogen and oxygen atoms in total. The van der Waals surface area contributed by atoms with Crippen LogP contribution in [0.4, 0.5) is 0 Å². The number of benzene rings is 1. The Hall–Kier alpha value is -1.06. The van der Waals surface area contributed by atoms with Crippen LogP contribution in [0.15, 0.2) is 24.3 Å². The Morgan fingerprint density at radius 1 is 1.31 bits per heavy atom. The lowest BCUT2D eigenvalue weighted by Gasteiger charge is -2.21. The van der Waals surface area contributed by atoms with E-state index in [2.05, 4.69) is 12.2 Å². The lowest BCUT2D eigenvalue weighted by Crippen LogP contribution is -2.19. The van der Waals surface area contributed by atoms with Crippen LogP contribution in [0, 0.1) is 11.8 Å². The Labute approximate surface area is 96.4 Å². The van der Waals surface area contributed by atoms with E-state index in [1.165, 1.54) is 0 Å². The second kappa shape index (κ2) is 4.85. The van der Waals surface area contributed by atoms with Gasteiger partial charge in [0.2, 0.25) is 0 Å². The highest BCUT2D eigenvalue weighted by atomic mass is 16.5. The van der Waals surface area contributed by atoms with Gasteiger partial charge in [-0.15, -0.1) is 0 Å². The van der Waals surface area contributed by atoms with Gasteiger partial charge in [-0.1, -0.05) is 19.1 Å². The maximum atomic E-state index is 10.3. The number of hydrogen-bond donors (Lipinski definition) is 2. The maximum Gasteiger partial charge on any atom is 0.118 e. The van der Waals surface area contributed by atoms with Gasteiger partial charge in [-0.25, -0.2) is 0 Å². The standard InChI is InChI=1S/C13H19NO2/c1-9-7-14-8-12(9)13(15)10-3-5-11(16-2)6-4-10/h3-6,9,12-15H,7-8H2,1-2H3/t9-,12-,13?/m0/s1. The van der Waals surface area contributed by atoms with E-state index in [0.717, 1.165) is 24.4 Å². The van der Waals surface area contributed by atoms with Crippen LogP contribution in [0.2, 0.25) is 0 Å². The summed E-state index contributed by atoms with van der Waals surface area (Å²) >= 11 is 0. The third-order valence-electron chi connectivity index (χ3n) is 3.44. The zero-order valence-corrected chi connectivity index (χ0v) is 9.81. The van der Waals surface area contributed by atoms with Gasteiger partial charge < -0.3 is 15.2 Å². The van der Waals surface area contributed by atoms with Gasteiger partial charge in [0.1, 0.15) is 5.75 Å². The monoisotopic (exact) mass is 221 g/mol. The quantitative estimate of drug-likeness (QED) is 0.814. The number of rotatable bonds is 3. The summed E-state index contributed by atoms with van der Waals surface area (Å²) in [5.41, 5.74) is 0.973. The molecule has 0 saturated carbocycles. The molecule has 1 aromatic rings. The summed E-state index contributed by atoms with van der Waals surface area (Å²) in [7, 11) is 1.65. The van der Waals surface area contributed by atoms with Gasteiger partial charge in [0, 0.05) is 12.5 Å². The van der Waals surface area contributed by atoms with Crippen molar-refractivity contribution in [2.24, 2.45) is 11.8 Å². The van der Waals surface area contributed by atoms with E-state index in [-0.39, 0.29) is 6.10 Å². The molecular formula is C13H19NO2. The van der Waals surface area contributed by atoms with Crippen LogP contribution in [0.25, 0.3) is 0 Å². The minimum Gasteiger partial charge on any atom is -0.497 e. The second-order valence-corrected chi connectivity index (χ2v) is 4.52. The van der Waals surface area contributed by atoms with Crippen molar-refractivity contribution in [2.75, 3.05) is 20.2 Å². The molecule has 0 amide bonds. The van der Waals surface area contributed by atoms with Gasteiger partial charge in [0.05, 0.1) is 13.2 Å². The highest BCUT2D eigenvalue weighted by Crippen LogP contribution is 2.31. The Morgan fingerprint density at radius 2 is 2.00 bits per heavy atom. The number of hydrogen-bond acceptors (Lipinski definition) is 3. The molecule has 1 heterocycles. The fraction of sp³-hybridized carbons (Fsp3) is 0.538. The predicted octanol–water partition coefficient (Wildman–Crippen LogP) is 1.58. The van der Waals surface area contributed by atoms with Crippen molar-refractivity contribution < 1.29 is 9.84 Å². The molecule has 3 atom stereocenters. The molecule has 0 spiro atoms. The molecule has 0 aliphatic carbocycles. The number of aliphatic hydroxyl groups is 1. The van der Waals surface area contributed by atoms with Crippen molar-refractivity contribution in [3.05, 3.63) is 29.8 Å². The summed E-state index contributed by atoms with van der Waals surface area (Å²) in [6.45, 7) is 4.07. The first kappa shape index (κ1) is 11.4. The molecule has 1 fully saturated rings. The number of aliphatic hydroxyl groups excluding tert-OH is 1. The lowest BCUT2D eigenvalue weighted by molar-refractivity contribution is 0.0983. The smallest absolute Gasteiger partial charge is 0.118 e. The molecule has 0 radical (unpaired) electrons. The van der Waals surface area contributed by atoms with Crippen LogP contribution in [0.3, 0.4) is 0 Å². The first-order valence-corrected chi connectivity index (χ1v) is 5.75. The molecule has 88 valence electrons. The summed E-state index contributed by atoms with van der Waals surface area (Å²) in [5, 5.41) is 13.6. The molecule has 2 rings (SSSR count). The normalized spacial score (nSPS) is 26.7. The Kier molecular flexibility index (Phi) is 3.46. The van der Waals surface area contributed by atoms with Crippen LogP contribution in [0.1, 0.15) is 18.6 Å². The zero-order valence-electron chi connectivity index (χ0n) is 9.81. The average molecular weight is 221 g/mol. The van der Waals surface area contributed by atoms with Crippen molar-refractivity contribution in [2.45, 2.75) is 13.0 Å². The molecule has 2 N–H and O–H groups in total. The fourth-order valence-electron chi connectivity index (χ4n) is 2.30. The van der Waals surface area contributed by atoms with E-state index in [0.29, 0.717) is 11.8 Å². The van der Waals surface area contributed by atoms with Crippen molar-refractivity contribution in [1.82, 2.24) is 5.32 Å². The average Bonchev–Trinajstić information content (AvgIpc) is 2.75. The number of ether oxygens (including phenoxy) is 1. The van der Waals surface area contributed by atoms with E-state index in [4.69, 9.17) is 4.74 Å². The van der Waals surface area contributed by atoms with Crippen molar-refractivity contribution in [3.63, 3.8) is 0 Å². The van der Waals surface area contributed by atoms with Crippen molar-refractivity contribution >= 4 is 0 Å². The van der Waals surface area contributed by atoms with Gasteiger partial charge >= 0.3 is 0 Å². The van der Waals surface area contributed by atoms with E-state index in [9.17, 15) is 5.11 Å². The number of methoxy groups -OCH3 is 1. The largest absolute Gasteiger partial charge is 0.497 e. The van der Waals surface area contributed by atoms with E-state index in [1.54, 1.807) is 7.11 Å². The fourth-order valence-corrected chi connectivity index (χ4v) is 2.30. The topological polar surface area (TPSA) is 41.5 Å². The van der Waals surface area contributed by atoms with Crippen molar-refractivity contribution in [1.29, 1.82) is 0 Å². The number of nitrogens with one attached hydrogen (secondary N) is 1. The minimum atomic E-state index is -0.379. The summed E-state index contributed by atoms with van der Waals surface area (Å²) in [6.07, 6.45) is -0.379. The molecule has 1 saturated heterocycles. The summed E-state index contributed by atoms with van der Waals surface area (Å²) < 4.78 is 5.10. The predicted molar refractivity (Wildman–Crippen MR) is 63.5 cm³/mol. The molecule has 1 aliphatic heterocycles. The molecule has 0 aromatic heterocycles. The summed E-state index contributed by atoms with van der Waals surface area (Å²) in [4.78, 5) is 0. The molecule has 1 aliphatic rings. The van der Waals surface area contributed by atoms with Crippen LogP contribution < -0.4 is 10.1 Å². The zero-order chi connectivity index (χ0) is 11.5. The summed E-state index contributed by atoms with van der Waals surface area (Å²) in [5.74, 6) is 1.67. The summed E-state index contributed by atoms with van der Waals surface area (Å²) in [6, 6.07) is 7.67. The van der Waals surface area contributed by atoms with Gasteiger partial charge in [-0.3, -0.25) is 0 Å². The van der Waals surface area contributed by atoms with Crippen molar-refractivity contribution in [3.8, 4) is 5.75 Å². The molecule has 1 unspecified atom stereocenters. The first-order valence-electron chi connectivity index (χ1n) is 5.75. The maximum absolute atomic E-state index is 10.3. The van der Waals surface area contributed by atoms with Crippen LogP contribution >= 0.6 is 0 Å². The highest BCUT2D eigenvalue weighted by molar-refractivity contribution is 5.28. The first-order chi connectivity index (χ1) is 7.72. The van der Waals surface area contributed by atoms with Crippen LogP contribution in [-0.2, 0) is 0 Å². The Bertz CT molecular complexity index is 336. The third-order valence-corrected chi connectivity index (χ3v) is 3.44. The van der Waals surface area contributed by atoms with E-state index >= 15 is 0 Å². The Morgan fingerprint density at radius 3 is 2.50 bits per heavy atom. The Balaban J connectivity index is 2.10. The molecule has 1 aromatic carbocycles. The molecule has 0 bridgehead atoms. The SMILES string of the molecule is COc1ccc(C(O)[C@H]2CNC[C@@H]2C)cc1. The minimum absolute atomic E-state index is 0.313. The van der Waals surface area contributed by atoms with E-state index < -0.39 is 0 Å². The van der Waals surface area contributed by atoms with Gasteiger partial charge in [-0.05, 0) is 30.2 Å². The van der Waals surface area contributed by atoms with Gasteiger partial charge in [-0.2, -0.15) is 0 Å². The van der Waals surface area contributed by atoms with Crippen LogP contribution in [0.5, 0.6) is 5.75 Å². The second-order valence-electron chi connectivity index (χ2n) is 4.52. The molecule has 3 heteroatoms. The molecular weight excluding hydrogens is 202 g/mol. The van der Waals surface area contributed by atoms with Crippen LogP contribution in [-0.4, -0.2) is 25.3 Å². The lowest BCUT2D eigenvalue weighted by atomic mass is 9.88. The van der Waals surface area contributed by atoms with Gasteiger partial charge in [0.15, 0.2) is 0 Å². The highest BCUT2D eigenvalue weighted by Gasteiger charge is 2.30. The molecule has 16 heavy (non-hydrogen) atoms. The van der Waals surface area contributed by atoms with E-state index in [1.807, 2.05) is 24.3 Å². The van der Waals surface area contributed by atoms with Gasteiger partial charge in [0.25, 0.3) is 0 Å².